The molecule has 0 radical (unpaired) electrons. The molecule has 0 unspecified atom stereocenters. The maximum Gasteiger partial charge on any atom is 0.339 e. The number of halogens is 1. The number of ether oxygens (including phenoxy) is 2. The van der Waals surface area contributed by atoms with Crippen LogP contribution in [0, 0.1) is 0 Å². The van der Waals surface area contributed by atoms with Crippen LogP contribution in [-0.2, 0) is 14.3 Å². The van der Waals surface area contributed by atoms with Crippen molar-refractivity contribution in [3.8, 4) is 5.75 Å². The fourth-order valence-electron chi connectivity index (χ4n) is 2.83. The second-order valence-corrected chi connectivity index (χ2v) is 7.91. The highest BCUT2D eigenvalue weighted by Gasteiger charge is 2.36. The highest BCUT2D eigenvalue weighted by Crippen LogP contribution is 2.32. The summed E-state index contributed by atoms with van der Waals surface area (Å²) in [5, 5.41) is 2.18. The number of esters is 1. The summed E-state index contributed by atoms with van der Waals surface area (Å²) in [5.74, 6) is -1.18. The Morgan fingerprint density at radius 2 is 1.97 bits per heavy atom. The first-order valence-electron chi connectivity index (χ1n) is 9.48. The largest absolute Gasteiger partial charge is 0.497 e. The van der Waals surface area contributed by atoms with E-state index in [1.807, 2.05) is 0 Å². The van der Waals surface area contributed by atoms with Crippen LogP contribution in [0.25, 0.3) is 6.08 Å². The van der Waals surface area contributed by atoms with Gasteiger partial charge in [0.1, 0.15) is 12.3 Å². The molecule has 1 aliphatic heterocycles. The molecule has 1 heterocycles. The molecule has 1 saturated heterocycles. The lowest BCUT2D eigenvalue weighted by molar-refractivity contribution is -0.127. The van der Waals surface area contributed by atoms with Crippen molar-refractivity contribution in [2.24, 2.45) is 0 Å². The second kappa shape index (κ2) is 10.3. The van der Waals surface area contributed by atoms with Gasteiger partial charge in [-0.3, -0.25) is 19.3 Å². The van der Waals surface area contributed by atoms with Gasteiger partial charge in [-0.05, 0) is 60.7 Å². The minimum atomic E-state index is -0.623. The SMILES string of the molecule is CCOC(=O)c1cc(NC(=O)CN2C(=O)S/C(=C/c3cccc(OC)c3)C2=O)ccc1Cl. The maximum atomic E-state index is 12.6. The van der Waals surface area contributed by atoms with Crippen LogP contribution in [0.15, 0.2) is 47.4 Å². The van der Waals surface area contributed by atoms with Crippen molar-refractivity contribution in [1.29, 1.82) is 0 Å². The summed E-state index contributed by atoms with van der Waals surface area (Å²) in [4.78, 5) is 50.4. The van der Waals surface area contributed by atoms with Crippen LogP contribution < -0.4 is 10.1 Å². The molecule has 1 N–H and O–H groups in total. The van der Waals surface area contributed by atoms with Crippen LogP contribution in [0.2, 0.25) is 5.02 Å². The lowest BCUT2D eigenvalue weighted by Gasteiger charge is -2.13. The van der Waals surface area contributed by atoms with Gasteiger partial charge in [0, 0.05) is 5.69 Å². The van der Waals surface area contributed by atoms with E-state index in [9.17, 15) is 19.2 Å². The number of carbonyl (C=O) groups is 4. The average molecular weight is 475 g/mol. The van der Waals surface area contributed by atoms with E-state index < -0.39 is 29.6 Å². The summed E-state index contributed by atoms with van der Waals surface area (Å²) in [7, 11) is 1.53. The number of nitrogens with zero attached hydrogens (tertiary/aromatic N) is 1. The summed E-state index contributed by atoms with van der Waals surface area (Å²) >= 11 is 6.76. The number of nitrogens with one attached hydrogen (secondary N) is 1. The third-order valence-corrected chi connectivity index (χ3v) is 5.55. The van der Waals surface area contributed by atoms with Gasteiger partial charge in [-0.15, -0.1) is 0 Å². The van der Waals surface area contributed by atoms with Gasteiger partial charge >= 0.3 is 5.97 Å². The zero-order valence-corrected chi connectivity index (χ0v) is 18.8. The first kappa shape index (κ1) is 23.4. The Morgan fingerprint density at radius 3 is 2.69 bits per heavy atom. The predicted molar refractivity (Wildman–Crippen MR) is 122 cm³/mol. The number of benzene rings is 2. The molecule has 0 spiro atoms. The number of hydrogen-bond acceptors (Lipinski definition) is 7. The van der Waals surface area contributed by atoms with Crippen LogP contribution in [0.4, 0.5) is 10.5 Å². The Balaban J connectivity index is 1.69. The first-order chi connectivity index (χ1) is 15.3. The molecule has 8 nitrogen and oxygen atoms in total. The quantitative estimate of drug-likeness (QED) is 0.474. The van der Waals surface area contributed by atoms with Crippen molar-refractivity contribution in [3.63, 3.8) is 0 Å². The first-order valence-corrected chi connectivity index (χ1v) is 10.7. The molecular formula is C22H19ClN2O6S. The van der Waals surface area contributed by atoms with Crippen molar-refractivity contribution in [2.75, 3.05) is 25.6 Å². The Kier molecular flexibility index (Phi) is 7.55. The molecule has 2 aromatic rings. The standard InChI is InChI=1S/C22H19ClN2O6S/c1-3-31-21(28)16-11-14(7-8-17(16)23)24-19(26)12-25-20(27)18(32-22(25)29)10-13-5-4-6-15(9-13)30-2/h4-11H,3,12H2,1-2H3,(H,24,26)/b18-10+. The minimum absolute atomic E-state index is 0.0960. The van der Waals surface area contributed by atoms with Crippen molar-refractivity contribution in [2.45, 2.75) is 6.92 Å². The Bertz CT molecular complexity index is 1120. The van der Waals surface area contributed by atoms with Crippen LogP contribution in [0.5, 0.6) is 5.75 Å². The third kappa shape index (κ3) is 5.49. The van der Waals surface area contributed by atoms with E-state index in [1.54, 1.807) is 37.3 Å². The maximum absolute atomic E-state index is 12.6. The minimum Gasteiger partial charge on any atom is -0.497 e. The fourth-order valence-corrected chi connectivity index (χ4v) is 3.86. The van der Waals surface area contributed by atoms with Gasteiger partial charge in [0.15, 0.2) is 0 Å². The smallest absolute Gasteiger partial charge is 0.339 e. The van der Waals surface area contributed by atoms with E-state index in [4.69, 9.17) is 21.1 Å². The van der Waals surface area contributed by atoms with Crippen molar-refractivity contribution >= 4 is 58.1 Å². The topological polar surface area (TPSA) is 102 Å². The zero-order valence-electron chi connectivity index (χ0n) is 17.2. The van der Waals surface area contributed by atoms with Gasteiger partial charge in [0.05, 0.1) is 29.2 Å². The van der Waals surface area contributed by atoms with Gasteiger partial charge < -0.3 is 14.8 Å². The van der Waals surface area contributed by atoms with Crippen LogP contribution in [0.1, 0.15) is 22.8 Å². The molecule has 0 aromatic heterocycles. The van der Waals surface area contributed by atoms with Gasteiger partial charge in [0.2, 0.25) is 5.91 Å². The number of rotatable bonds is 7. The van der Waals surface area contributed by atoms with Crippen LogP contribution >= 0.6 is 23.4 Å². The lowest BCUT2D eigenvalue weighted by atomic mass is 10.2. The van der Waals surface area contributed by atoms with Crippen LogP contribution in [-0.4, -0.2) is 48.2 Å². The van der Waals surface area contributed by atoms with Gasteiger partial charge in [-0.1, -0.05) is 23.7 Å². The number of methoxy groups -OCH3 is 1. The molecule has 2 aromatic carbocycles. The summed E-state index contributed by atoms with van der Waals surface area (Å²) in [6.45, 7) is 1.36. The number of hydrogen-bond donors (Lipinski definition) is 1. The fraction of sp³-hybridized carbons (Fsp3) is 0.182. The van der Waals surface area contributed by atoms with E-state index >= 15 is 0 Å². The monoisotopic (exact) mass is 474 g/mol. The molecule has 0 aliphatic carbocycles. The van der Waals surface area contributed by atoms with Gasteiger partial charge in [-0.2, -0.15) is 0 Å². The zero-order chi connectivity index (χ0) is 23.3. The molecule has 32 heavy (non-hydrogen) atoms. The van der Waals surface area contributed by atoms with Gasteiger partial charge in [-0.25, -0.2) is 4.79 Å². The summed E-state index contributed by atoms with van der Waals surface area (Å²) in [5.41, 5.74) is 1.06. The number of amides is 3. The molecule has 0 bridgehead atoms. The normalized spacial score (nSPS) is 14.6. The summed E-state index contributed by atoms with van der Waals surface area (Å²) in [6, 6.07) is 11.3. The van der Waals surface area contributed by atoms with E-state index in [2.05, 4.69) is 5.32 Å². The van der Waals surface area contributed by atoms with Crippen LogP contribution in [0.3, 0.4) is 0 Å². The molecule has 1 aliphatic rings. The molecule has 166 valence electrons. The molecule has 0 atom stereocenters. The van der Waals surface area contributed by atoms with E-state index in [0.29, 0.717) is 11.3 Å². The molecular weight excluding hydrogens is 456 g/mol. The second-order valence-electron chi connectivity index (χ2n) is 6.51. The lowest BCUT2D eigenvalue weighted by Crippen LogP contribution is -2.36. The number of imide groups is 1. The highest BCUT2D eigenvalue weighted by molar-refractivity contribution is 8.18. The number of anilines is 1. The Hall–Kier alpha value is -3.30. The molecule has 3 rings (SSSR count). The van der Waals surface area contributed by atoms with Gasteiger partial charge in [0.25, 0.3) is 11.1 Å². The predicted octanol–water partition coefficient (Wildman–Crippen LogP) is 4.20. The number of carbonyl (C=O) groups excluding carboxylic acids is 4. The Morgan fingerprint density at radius 1 is 1.19 bits per heavy atom. The van der Waals surface area contributed by atoms with E-state index in [-0.39, 0.29) is 27.8 Å². The molecule has 3 amide bonds. The summed E-state index contributed by atoms with van der Waals surface area (Å²) < 4.78 is 10.1. The third-order valence-electron chi connectivity index (χ3n) is 4.31. The van der Waals surface area contributed by atoms with E-state index in [1.165, 1.54) is 25.3 Å². The van der Waals surface area contributed by atoms with E-state index in [0.717, 1.165) is 16.7 Å². The molecule has 1 fully saturated rings. The summed E-state index contributed by atoms with van der Waals surface area (Å²) in [6.07, 6.45) is 1.57. The highest BCUT2D eigenvalue weighted by atomic mass is 35.5. The van der Waals surface area contributed by atoms with Crippen molar-refractivity contribution in [3.05, 3.63) is 63.5 Å². The number of thioether (sulfide) groups is 1. The molecule has 10 heteroatoms. The Labute approximate surface area is 193 Å². The average Bonchev–Trinajstić information content (AvgIpc) is 3.02. The molecule has 0 saturated carbocycles. The van der Waals surface area contributed by atoms with Crippen molar-refractivity contribution in [1.82, 2.24) is 4.90 Å². The van der Waals surface area contributed by atoms with Crippen molar-refractivity contribution < 1.29 is 28.7 Å².